The van der Waals surface area contributed by atoms with E-state index in [0.29, 0.717) is 15.5 Å². The minimum atomic E-state index is -3.78. The summed E-state index contributed by atoms with van der Waals surface area (Å²) in [6, 6.07) is 9.00. The van der Waals surface area contributed by atoms with Crippen molar-refractivity contribution in [3.05, 3.63) is 51.9 Å². The number of benzene rings is 1. The van der Waals surface area contributed by atoms with Crippen molar-refractivity contribution in [2.45, 2.75) is 17.2 Å². The van der Waals surface area contributed by atoms with E-state index in [1.807, 2.05) is 0 Å². The number of halogens is 1. The molecule has 1 saturated heterocycles. The number of nitrogens with zero attached hydrogens (tertiary/aromatic N) is 1. The van der Waals surface area contributed by atoms with E-state index in [1.165, 1.54) is 16.4 Å². The van der Waals surface area contributed by atoms with Crippen LogP contribution in [0.3, 0.4) is 0 Å². The maximum absolute atomic E-state index is 13.2. The predicted molar refractivity (Wildman–Crippen MR) is 98.2 cm³/mol. The summed E-state index contributed by atoms with van der Waals surface area (Å²) in [6.45, 7) is 1.75. The first-order chi connectivity index (χ1) is 12.2. The summed E-state index contributed by atoms with van der Waals surface area (Å²) in [6.07, 6.45) is 0. The van der Waals surface area contributed by atoms with Crippen LogP contribution >= 0.6 is 22.9 Å². The molecule has 3 heterocycles. The molecule has 0 spiro atoms. The molecule has 1 aromatic heterocycles. The van der Waals surface area contributed by atoms with Gasteiger partial charge >= 0.3 is 0 Å². The molecule has 0 saturated carbocycles. The summed E-state index contributed by atoms with van der Waals surface area (Å²) >= 11 is 6.84. The van der Waals surface area contributed by atoms with Gasteiger partial charge in [0.25, 0.3) is 15.9 Å². The summed E-state index contributed by atoms with van der Waals surface area (Å²) in [5, 5.41) is 2.84. The summed E-state index contributed by atoms with van der Waals surface area (Å²) < 4.78 is 27.6. The highest BCUT2D eigenvalue weighted by atomic mass is 35.5. The first kappa shape index (κ1) is 17.7. The van der Waals surface area contributed by atoms with Gasteiger partial charge in [0.1, 0.15) is 4.21 Å². The van der Waals surface area contributed by atoms with E-state index in [4.69, 9.17) is 11.6 Å². The van der Waals surface area contributed by atoms with Crippen molar-refractivity contribution >= 4 is 44.7 Å². The van der Waals surface area contributed by atoms with Gasteiger partial charge in [-0.1, -0.05) is 29.8 Å². The molecule has 136 valence electrons. The van der Waals surface area contributed by atoms with Crippen molar-refractivity contribution in [2.75, 3.05) is 13.1 Å². The number of sulfonamides is 1. The standard InChI is InChI=1S/C17H15ClN2O4S2/c1-17-9-20(26(23,24)14-7-6-13(18)25-14)8-12(17)19-16(22)11-5-3-2-4-10(11)15(17)21/h2-7,12H,8-9H2,1H3,(H,19,22)/t12-,17+/m1/s1. The fourth-order valence-corrected chi connectivity index (χ4v) is 6.75. The van der Waals surface area contributed by atoms with Crippen LogP contribution in [0.2, 0.25) is 4.34 Å². The number of carbonyl (C=O) groups is 2. The summed E-state index contributed by atoms with van der Waals surface area (Å²) in [7, 11) is -3.78. The molecule has 2 aliphatic rings. The lowest BCUT2D eigenvalue weighted by atomic mass is 9.78. The minimum absolute atomic E-state index is 0.00294. The van der Waals surface area contributed by atoms with Gasteiger partial charge in [0, 0.05) is 18.7 Å². The van der Waals surface area contributed by atoms with E-state index in [2.05, 4.69) is 5.32 Å². The lowest BCUT2D eigenvalue weighted by Gasteiger charge is -2.26. The third-order valence-corrected chi connectivity index (χ3v) is 8.55. The van der Waals surface area contributed by atoms with Crippen LogP contribution in [0.15, 0.2) is 40.6 Å². The molecule has 0 radical (unpaired) electrons. The van der Waals surface area contributed by atoms with E-state index < -0.39 is 21.5 Å². The summed E-state index contributed by atoms with van der Waals surface area (Å²) in [4.78, 5) is 25.7. The van der Waals surface area contributed by atoms with E-state index in [-0.39, 0.29) is 29.0 Å². The van der Waals surface area contributed by atoms with Crippen LogP contribution in [0.4, 0.5) is 0 Å². The van der Waals surface area contributed by atoms with Gasteiger partial charge in [0.15, 0.2) is 5.78 Å². The zero-order chi connectivity index (χ0) is 18.7. The van der Waals surface area contributed by atoms with Crippen LogP contribution in [0.5, 0.6) is 0 Å². The molecule has 0 aliphatic carbocycles. The number of Topliss-reactive ketones (excluding diaryl/α,β-unsaturated/α-hetero) is 1. The van der Waals surface area contributed by atoms with Crippen molar-refractivity contribution in [2.24, 2.45) is 5.41 Å². The zero-order valence-corrected chi connectivity index (χ0v) is 16.1. The second-order valence-corrected chi connectivity index (χ2v) is 10.6. The first-order valence-electron chi connectivity index (χ1n) is 7.94. The number of amides is 1. The number of nitrogens with one attached hydrogen (secondary N) is 1. The van der Waals surface area contributed by atoms with E-state index in [1.54, 1.807) is 31.2 Å². The smallest absolute Gasteiger partial charge is 0.252 e. The summed E-state index contributed by atoms with van der Waals surface area (Å²) in [5.41, 5.74) is -0.378. The van der Waals surface area contributed by atoms with Gasteiger partial charge in [0.05, 0.1) is 21.4 Å². The fraction of sp³-hybridized carbons (Fsp3) is 0.294. The third kappa shape index (κ3) is 2.51. The number of hydrogen-bond acceptors (Lipinski definition) is 5. The average Bonchev–Trinajstić information content (AvgIpc) is 3.18. The van der Waals surface area contributed by atoms with E-state index in [0.717, 1.165) is 11.3 Å². The Labute approximate surface area is 159 Å². The maximum atomic E-state index is 13.2. The van der Waals surface area contributed by atoms with Crippen molar-refractivity contribution in [3.8, 4) is 0 Å². The van der Waals surface area contributed by atoms with Crippen LogP contribution in [0.25, 0.3) is 0 Å². The van der Waals surface area contributed by atoms with Gasteiger partial charge in [0.2, 0.25) is 0 Å². The average molecular weight is 411 g/mol. The Morgan fingerprint density at radius 3 is 2.54 bits per heavy atom. The van der Waals surface area contributed by atoms with Crippen LogP contribution in [0.1, 0.15) is 27.6 Å². The van der Waals surface area contributed by atoms with Gasteiger partial charge in [-0.3, -0.25) is 9.59 Å². The second kappa shape index (κ2) is 5.88. The molecular formula is C17H15ClN2O4S2. The lowest BCUT2D eigenvalue weighted by Crippen LogP contribution is -2.47. The predicted octanol–water partition coefficient (Wildman–Crippen LogP) is 2.41. The molecule has 1 N–H and O–H groups in total. The number of rotatable bonds is 2. The van der Waals surface area contributed by atoms with Crippen molar-refractivity contribution < 1.29 is 18.0 Å². The molecule has 6 nitrogen and oxygen atoms in total. The SMILES string of the molecule is C[C@]12CN(S(=O)(=O)c3ccc(Cl)s3)C[C@H]1NC(=O)c1ccccc1C2=O. The molecular weight excluding hydrogens is 396 g/mol. The maximum Gasteiger partial charge on any atom is 0.252 e. The van der Waals surface area contributed by atoms with Crippen LogP contribution in [-0.2, 0) is 10.0 Å². The number of fused-ring (bicyclic) bond motifs is 2. The Kier molecular flexibility index (Phi) is 4.00. The Morgan fingerprint density at radius 2 is 1.88 bits per heavy atom. The normalized spacial score (nSPS) is 26.2. The fourth-order valence-electron chi connectivity index (χ4n) is 3.55. The van der Waals surface area contributed by atoms with Crippen molar-refractivity contribution in [3.63, 3.8) is 0 Å². The van der Waals surface area contributed by atoms with E-state index >= 15 is 0 Å². The van der Waals surface area contributed by atoms with Crippen LogP contribution in [0, 0.1) is 5.41 Å². The van der Waals surface area contributed by atoms with Crippen LogP contribution in [-0.4, -0.2) is 43.5 Å². The molecule has 1 fully saturated rings. The van der Waals surface area contributed by atoms with E-state index in [9.17, 15) is 18.0 Å². The Bertz CT molecular complexity index is 1030. The van der Waals surface area contributed by atoms with Crippen molar-refractivity contribution in [1.82, 2.24) is 9.62 Å². The highest BCUT2D eigenvalue weighted by Crippen LogP contribution is 2.40. The number of ketones is 1. The molecule has 9 heteroatoms. The molecule has 2 atom stereocenters. The molecule has 2 aromatic rings. The third-order valence-electron chi connectivity index (χ3n) is 5.04. The highest BCUT2D eigenvalue weighted by molar-refractivity contribution is 7.91. The number of carbonyl (C=O) groups excluding carboxylic acids is 2. The zero-order valence-electron chi connectivity index (χ0n) is 13.7. The number of hydrogen-bond donors (Lipinski definition) is 1. The highest BCUT2D eigenvalue weighted by Gasteiger charge is 2.54. The largest absolute Gasteiger partial charge is 0.347 e. The first-order valence-corrected chi connectivity index (χ1v) is 10.6. The second-order valence-electron chi connectivity index (χ2n) is 6.67. The number of thiophene rings is 1. The van der Waals surface area contributed by atoms with Gasteiger partial charge in [-0.2, -0.15) is 4.31 Å². The molecule has 1 amide bonds. The Balaban J connectivity index is 1.75. The summed E-state index contributed by atoms with van der Waals surface area (Å²) in [5.74, 6) is -0.584. The van der Waals surface area contributed by atoms with Gasteiger partial charge in [-0.05, 0) is 25.1 Å². The van der Waals surface area contributed by atoms with Gasteiger partial charge < -0.3 is 5.32 Å². The van der Waals surface area contributed by atoms with Gasteiger partial charge in [-0.25, -0.2) is 8.42 Å². The molecule has 0 bridgehead atoms. The van der Waals surface area contributed by atoms with Crippen molar-refractivity contribution in [1.29, 1.82) is 0 Å². The topological polar surface area (TPSA) is 83.6 Å². The Hall–Kier alpha value is -1.74. The molecule has 26 heavy (non-hydrogen) atoms. The Morgan fingerprint density at radius 1 is 1.19 bits per heavy atom. The molecule has 4 rings (SSSR count). The minimum Gasteiger partial charge on any atom is -0.347 e. The molecule has 1 aromatic carbocycles. The quantitative estimate of drug-likeness (QED) is 0.824. The molecule has 0 unspecified atom stereocenters. The molecule has 2 aliphatic heterocycles. The monoisotopic (exact) mass is 410 g/mol. The lowest BCUT2D eigenvalue weighted by molar-refractivity contribution is 0.0796. The van der Waals surface area contributed by atoms with Crippen LogP contribution < -0.4 is 5.32 Å². The van der Waals surface area contributed by atoms with Gasteiger partial charge in [-0.15, -0.1) is 11.3 Å².